The van der Waals surface area contributed by atoms with Crippen LogP contribution < -0.4 is 0 Å². The van der Waals surface area contributed by atoms with Crippen LogP contribution in [0.25, 0.3) is 0 Å². The maximum Gasteiger partial charge on any atom is 0.306 e. The predicted molar refractivity (Wildman–Crippen MR) is 115 cm³/mol. The highest BCUT2D eigenvalue weighted by atomic mass is 16.4. The van der Waals surface area contributed by atoms with Crippen molar-refractivity contribution in [3.05, 3.63) is 0 Å². The van der Waals surface area contributed by atoms with Crippen LogP contribution in [0.15, 0.2) is 0 Å². The minimum absolute atomic E-state index is 0.123. The van der Waals surface area contributed by atoms with Gasteiger partial charge in [-0.05, 0) is 18.8 Å². The first-order valence-electron chi connectivity index (χ1n) is 11.8. The van der Waals surface area contributed by atoms with E-state index in [0.29, 0.717) is 5.92 Å². The molecule has 2 nitrogen and oxygen atoms in total. The molecule has 0 fully saturated rings. The second-order valence-corrected chi connectivity index (χ2v) is 8.76. The number of rotatable bonds is 20. The lowest BCUT2D eigenvalue weighted by atomic mass is 9.92. The van der Waals surface area contributed by atoms with Gasteiger partial charge >= 0.3 is 5.97 Å². The summed E-state index contributed by atoms with van der Waals surface area (Å²) in [5.74, 6) is -0.238. The largest absolute Gasteiger partial charge is 0.481 e. The van der Waals surface area contributed by atoms with Gasteiger partial charge in [-0.3, -0.25) is 4.79 Å². The third-order valence-corrected chi connectivity index (χ3v) is 5.51. The number of aliphatic carboxylic acids is 1. The third-order valence-electron chi connectivity index (χ3n) is 5.51. The number of carboxylic acids is 1. The van der Waals surface area contributed by atoms with Gasteiger partial charge in [0.15, 0.2) is 0 Å². The predicted octanol–water partition coefficient (Wildman–Crippen LogP) is 8.38. The summed E-state index contributed by atoms with van der Waals surface area (Å²) in [6.45, 7) is 6.51. The van der Waals surface area contributed by atoms with Gasteiger partial charge in [-0.25, -0.2) is 0 Å². The highest BCUT2D eigenvalue weighted by molar-refractivity contribution is 5.69. The monoisotopic (exact) mass is 368 g/mol. The molecule has 0 aliphatic carbocycles. The molecule has 0 aliphatic heterocycles. The first-order chi connectivity index (χ1) is 12.6. The van der Waals surface area contributed by atoms with Crippen LogP contribution in [0.1, 0.15) is 136 Å². The highest BCUT2D eigenvalue weighted by Gasteiger charge is 2.17. The van der Waals surface area contributed by atoms with Crippen LogP contribution >= 0.6 is 0 Å². The topological polar surface area (TPSA) is 37.3 Å². The van der Waals surface area contributed by atoms with Crippen molar-refractivity contribution >= 4 is 5.97 Å². The molecule has 0 radical (unpaired) electrons. The van der Waals surface area contributed by atoms with Crippen molar-refractivity contribution in [2.75, 3.05) is 0 Å². The van der Waals surface area contributed by atoms with Crippen LogP contribution in [-0.2, 0) is 4.79 Å². The summed E-state index contributed by atoms with van der Waals surface area (Å²) in [5.41, 5.74) is 0. The fourth-order valence-electron chi connectivity index (χ4n) is 3.85. The lowest BCUT2D eigenvalue weighted by Gasteiger charge is -2.14. The van der Waals surface area contributed by atoms with Crippen LogP contribution in [0.4, 0.5) is 0 Å². The Labute approximate surface area is 164 Å². The molecule has 2 heteroatoms. The molecule has 0 rings (SSSR count). The maximum absolute atomic E-state index is 11.2. The van der Waals surface area contributed by atoms with Crippen molar-refractivity contribution in [1.29, 1.82) is 0 Å². The fraction of sp³-hybridized carbons (Fsp3) is 0.958. The van der Waals surface area contributed by atoms with E-state index in [4.69, 9.17) is 0 Å². The number of carboxylic acid groups (broad SMARTS) is 1. The number of hydrogen-bond donors (Lipinski definition) is 1. The van der Waals surface area contributed by atoms with Crippen molar-refractivity contribution in [1.82, 2.24) is 0 Å². The Hall–Kier alpha value is -0.530. The molecule has 1 unspecified atom stereocenters. The van der Waals surface area contributed by atoms with Crippen LogP contribution in [0, 0.1) is 11.8 Å². The van der Waals surface area contributed by atoms with Crippen molar-refractivity contribution in [2.45, 2.75) is 136 Å². The Balaban J connectivity index is 3.25. The van der Waals surface area contributed by atoms with E-state index in [2.05, 4.69) is 20.8 Å². The van der Waals surface area contributed by atoms with Crippen molar-refractivity contribution < 1.29 is 9.90 Å². The molecule has 26 heavy (non-hydrogen) atoms. The normalized spacial score (nSPS) is 12.6. The summed E-state index contributed by atoms with van der Waals surface area (Å²) >= 11 is 0. The van der Waals surface area contributed by atoms with Gasteiger partial charge < -0.3 is 5.11 Å². The van der Waals surface area contributed by atoms with Crippen LogP contribution in [0.3, 0.4) is 0 Å². The number of unbranched alkanes of at least 4 members (excludes halogenated alkanes) is 15. The summed E-state index contributed by atoms with van der Waals surface area (Å²) < 4.78 is 0. The molecule has 1 atom stereocenters. The summed E-state index contributed by atoms with van der Waals surface area (Å²) in [4.78, 5) is 11.2. The molecule has 0 amide bonds. The standard InChI is InChI=1S/C24H48O2/c1-4-5-6-7-8-9-10-11-12-13-14-15-16-17-18-19-20-23(24(25)26)21-22(2)3/h22-23H,4-21H2,1-3H3,(H,25,26). The Kier molecular flexibility index (Phi) is 18.8. The van der Waals surface area contributed by atoms with Gasteiger partial charge in [-0.1, -0.05) is 124 Å². The van der Waals surface area contributed by atoms with Crippen LogP contribution in [0.5, 0.6) is 0 Å². The second kappa shape index (κ2) is 19.2. The summed E-state index contributed by atoms with van der Waals surface area (Å²) in [7, 11) is 0. The van der Waals surface area contributed by atoms with Crippen molar-refractivity contribution in [3.8, 4) is 0 Å². The molecule has 0 heterocycles. The van der Waals surface area contributed by atoms with Gasteiger partial charge in [-0.2, -0.15) is 0 Å². The quantitative estimate of drug-likeness (QED) is 0.219. The Morgan fingerprint density at radius 2 is 1.00 bits per heavy atom. The van der Waals surface area contributed by atoms with Crippen molar-refractivity contribution in [2.24, 2.45) is 11.8 Å². The van der Waals surface area contributed by atoms with Gasteiger partial charge in [0.25, 0.3) is 0 Å². The molecule has 0 spiro atoms. The van der Waals surface area contributed by atoms with E-state index in [0.717, 1.165) is 19.3 Å². The smallest absolute Gasteiger partial charge is 0.306 e. The Morgan fingerprint density at radius 3 is 1.31 bits per heavy atom. The lowest BCUT2D eigenvalue weighted by molar-refractivity contribution is -0.142. The third kappa shape index (κ3) is 18.3. The van der Waals surface area contributed by atoms with E-state index >= 15 is 0 Å². The summed E-state index contributed by atoms with van der Waals surface area (Å²) in [6, 6.07) is 0. The van der Waals surface area contributed by atoms with Crippen molar-refractivity contribution in [3.63, 3.8) is 0 Å². The Bertz CT molecular complexity index is 299. The zero-order valence-electron chi connectivity index (χ0n) is 18.2. The molecule has 156 valence electrons. The van der Waals surface area contributed by atoms with E-state index in [1.807, 2.05) is 0 Å². The van der Waals surface area contributed by atoms with E-state index in [1.165, 1.54) is 96.3 Å². The maximum atomic E-state index is 11.2. The molecule has 0 bridgehead atoms. The SMILES string of the molecule is CCCCCCCCCCCCCCCCCCC(CC(C)C)C(=O)O. The first kappa shape index (κ1) is 25.5. The minimum atomic E-state index is -0.598. The van der Waals surface area contributed by atoms with Gasteiger partial charge in [0, 0.05) is 0 Å². The average molecular weight is 369 g/mol. The minimum Gasteiger partial charge on any atom is -0.481 e. The zero-order valence-corrected chi connectivity index (χ0v) is 18.2. The van der Waals surface area contributed by atoms with Crippen LogP contribution in [0.2, 0.25) is 0 Å². The highest BCUT2D eigenvalue weighted by Crippen LogP contribution is 2.20. The summed E-state index contributed by atoms with van der Waals surface area (Å²) in [6.07, 6.45) is 23.6. The zero-order chi connectivity index (χ0) is 19.5. The number of hydrogen-bond acceptors (Lipinski definition) is 1. The van der Waals surface area contributed by atoms with E-state index < -0.39 is 5.97 Å². The second-order valence-electron chi connectivity index (χ2n) is 8.76. The van der Waals surface area contributed by atoms with Gasteiger partial charge in [-0.15, -0.1) is 0 Å². The first-order valence-corrected chi connectivity index (χ1v) is 11.8. The van der Waals surface area contributed by atoms with E-state index in [9.17, 15) is 9.90 Å². The molecule has 0 saturated carbocycles. The van der Waals surface area contributed by atoms with Crippen LogP contribution in [-0.4, -0.2) is 11.1 Å². The van der Waals surface area contributed by atoms with E-state index in [1.54, 1.807) is 0 Å². The molecule has 0 aromatic carbocycles. The number of carbonyl (C=O) groups is 1. The average Bonchev–Trinajstić information content (AvgIpc) is 2.59. The molecule has 0 aromatic rings. The van der Waals surface area contributed by atoms with Gasteiger partial charge in [0.05, 0.1) is 5.92 Å². The molecular formula is C24H48O2. The molecule has 0 aromatic heterocycles. The Morgan fingerprint density at radius 1 is 0.654 bits per heavy atom. The molecule has 1 N–H and O–H groups in total. The molecular weight excluding hydrogens is 320 g/mol. The lowest BCUT2D eigenvalue weighted by Crippen LogP contribution is -2.15. The summed E-state index contributed by atoms with van der Waals surface area (Å²) in [5, 5.41) is 9.25. The van der Waals surface area contributed by atoms with Gasteiger partial charge in [0.1, 0.15) is 0 Å². The fourth-order valence-corrected chi connectivity index (χ4v) is 3.85. The van der Waals surface area contributed by atoms with Gasteiger partial charge in [0.2, 0.25) is 0 Å². The molecule has 0 aliphatic rings. The molecule has 0 saturated heterocycles. The van der Waals surface area contributed by atoms with E-state index in [-0.39, 0.29) is 5.92 Å².